The van der Waals surface area contributed by atoms with Crippen molar-refractivity contribution in [1.29, 1.82) is 0 Å². The van der Waals surface area contributed by atoms with E-state index in [1.807, 2.05) is 0 Å². The van der Waals surface area contributed by atoms with Gasteiger partial charge in [0.15, 0.2) is 0 Å². The van der Waals surface area contributed by atoms with Crippen LogP contribution in [0.2, 0.25) is 0 Å². The molecule has 0 atom stereocenters. The molecule has 20 heavy (non-hydrogen) atoms. The van der Waals surface area contributed by atoms with Gasteiger partial charge in [0.05, 0.1) is 0 Å². The van der Waals surface area contributed by atoms with Gasteiger partial charge in [0.1, 0.15) is 0 Å². The minimum atomic E-state index is 0. The maximum Gasteiger partial charge on any atom is 4.00 e. The van der Waals surface area contributed by atoms with Gasteiger partial charge in [0.2, 0.25) is 0 Å². The van der Waals surface area contributed by atoms with Crippen LogP contribution in [-0.4, -0.2) is 90.4 Å². The predicted octanol–water partition coefficient (Wildman–Crippen LogP) is -3.22. The molecule has 20 heteroatoms. The molecule has 0 aromatic carbocycles. The largest absolute Gasteiger partial charge is 4.00 e. The van der Waals surface area contributed by atoms with Crippen molar-refractivity contribution in [1.82, 2.24) is 0 Å². The van der Waals surface area contributed by atoms with E-state index in [0.717, 1.165) is 0 Å². The predicted molar refractivity (Wildman–Crippen MR) is 35.6 cm³/mol. The Morgan fingerprint density at radius 1 is 0.200 bits per heavy atom. The van der Waals surface area contributed by atoms with Gasteiger partial charge in [-0.2, -0.15) is 0 Å². The van der Waals surface area contributed by atoms with Gasteiger partial charge in [-0.25, -0.2) is 0 Å². The maximum atomic E-state index is 0. The van der Waals surface area contributed by atoms with Crippen molar-refractivity contribution in [2.75, 3.05) is 0 Å². The van der Waals surface area contributed by atoms with Crippen molar-refractivity contribution in [3.63, 3.8) is 0 Å². The number of hydrogen-bond acceptors (Lipinski definition) is 7. The Hall–Kier alpha value is 3.69. The second-order valence-corrected chi connectivity index (χ2v) is 0. The van der Waals surface area contributed by atoms with Crippen LogP contribution in [0.1, 0.15) is 0 Å². The Bertz CT molecular complexity index is 23.6. The molecule has 0 radical (unpaired) electrons. The summed E-state index contributed by atoms with van der Waals surface area (Å²) in [6, 6.07) is 0. The summed E-state index contributed by atoms with van der Waals surface area (Å²) in [5.74, 6) is 0. The summed E-state index contributed by atoms with van der Waals surface area (Å²) in [5.41, 5.74) is 0. The van der Waals surface area contributed by atoms with Gasteiger partial charge in [-0.15, -0.1) is 0 Å². The molecule has 0 aliphatic carbocycles. The molecule has 112 valence electrons. The van der Waals surface area contributed by atoms with Crippen LogP contribution in [0.15, 0.2) is 0 Å². The minimum absolute atomic E-state index is 0. The Balaban J connectivity index is 0. The number of rotatable bonds is 0. The normalized spacial score (nSPS) is 0. The Kier molecular flexibility index (Phi) is 35200. The Morgan fingerprint density at radius 2 is 0.200 bits per heavy atom. The van der Waals surface area contributed by atoms with Crippen LogP contribution in [0.5, 0.6) is 0 Å². The Labute approximate surface area is 204 Å². The van der Waals surface area contributed by atoms with E-state index in [0.29, 0.717) is 0 Å². The smallest absolute Gasteiger partial charge is 2.00 e. The second kappa shape index (κ2) is 785. The summed E-state index contributed by atoms with van der Waals surface area (Å²) < 4.78 is 0. The molecule has 0 heterocycles. The molecule has 0 spiro atoms. The van der Waals surface area contributed by atoms with Crippen LogP contribution < -0.4 is 0 Å². The molecule has 0 unspecified atom stereocenters. The first kappa shape index (κ1) is 897. The molecule has 0 amide bonds. The van der Waals surface area contributed by atoms with E-state index in [9.17, 15) is 0 Å². The van der Waals surface area contributed by atoms with Crippen molar-refractivity contribution in [3.05, 3.63) is 0 Å². The molecule has 0 aliphatic rings. The van der Waals surface area contributed by atoms with E-state index in [2.05, 4.69) is 0 Å². The first-order valence-electron chi connectivity index (χ1n) is 0. The van der Waals surface area contributed by atoms with E-state index in [-0.39, 0.29) is 207 Å². The fourth-order valence-electron chi connectivity index (χ4n) is 0. The van der Waals surface area contributed by atoms with Crippen LogP contribution in [0.3, 0.4) is 0 Å². The van der Waals surface area contributed by atoms with Crippen LogP contribution in [0, 0.1) is 0 Å². The molecule has 0 rings (SSSR count). The van der Waals surface area contributed by atoms with Gasteiger partial charge in [-0.3, -0.25) is 0 Å². The third kappa shape index (κ3) is 683. The fraction of sp³-hybridized carbons (Fsp3) is 0. The molecule has 0 fully saturated rings. The van der Waals surface area contributed by atoms with E-state index in [1.54, 1.807) is 0 Å². The van der Waals surface area contributed by atoms with Crippen molar-refractivity contribution in [2.24, 2.45) is 0 Å². The summed E-state index contributed by atoms with van der Waals surface area (Å²) in [6.07, 6.45) is 0. The molecule has 7 N–H and O–H groups in total. The zero-order valence-corrected chi connectivity index (χ0v) is 20.1. The van der Waals surface area contributed by atoms with Crippen molar-refractivity contribution in [2.45, 2.75) is 0 Å². The third-order valence-electron chi connectivity index (χ3n) is 0. The van der Waals surface area contributed by atoms with E-state index in [4.69, 9.17) is 0 Å². The molecular weight excluding hydrogens is 579 g/mol. The monoisotopic (exact) mass is 582 g/mol. The van der Waals surface area contributed by atoms with Crippen LogP contribution >= 0.6 is 0 Å². The topological polar surface area (TPSA) is 410 Å². The summed E-state index contributed by atoms with van der Waals surface area (Å²) >= 11 is 0. The quantitative estimate of drug-likeness (QED) is 0.261. The summed E-state index contributed by atoms with van der Waals surface area (Å²) in [5, 5.41) is 0. The van der Waals surface area contributed by atoms with E-state index < -0.39 is 0 Å². The van der Waals surface area contributed by atoms with Crippen LogP contribution in [-0.2, 0) is 117 Å². The third-order valence-corrected chi connectivity index (χ3v) is 0. The molecule has 0 aromatic heterocycles. The SMILES string of the molecule is [Al+3].[Al+3].[Al+3].[O-2].[O-2].[O-2].[O-2].[O-2].[O-2].[O-2].[OH-].[OH-].[OH-].[OH-].[OH-].[OH-].[OH-].[Zr+4].[Zr+4].[Zr+4]. The van der Waals surface area contributed by atoms with E-state index >= 15 is 0 Å². The molecule has 14 nitrogen and oxygen atoms in total. The van der Waals surface area contributed by atoms with Crippen molar-refractivity contribution in [3.8, 4) is 0 Å². The van der Waals surface area contributed by atoms with Gasteiger partial charge in [0, 0.05) is 0 Å². The summed E-state index contributed by atoms with van der Waals surface area (Å²) in [7, 11) is 0. The summed E-state index contributed by atoms with van der Waals surface area (Å²) in [4.78, 5) is 0. The van der Waals surface area contributed by atoms with Crippen LogP contribution in [0.4, 0.5) is 0 Å². The molecule has 0 bridgehead atoms. The van der Waals surface area contributed by atoms with Crippen LogP contribution in [0.25, 0.3) is 0 Å². The average Bonchev–Trinajstić information content (AvgIpc) is 0. The zero-order valence-electron chi connectivity index (χ0n) is 9.22. The minimum Gasteiger partial charge on any atom is -2.00 e. The maximum absolute atomic E-state index is 0. The standard InChI is InChI=1S/3Al.7H2O.7O.3Zr/h;;;7*1H2;;;;;;;;;;/q3*+3;;;;;;;;7*-2;3*+4/p-7. The molecular formula is H7Al3O14Zr3. The van der Waals surface area contributed by atoms with E-state index in [1.165, 1.54) is 0 Å². The van der Waals surface area contributed by atoms with Crippen molar-refractivity contribution < 1.29 is 155 Å². The summed E-state index contributed by atoms with van der Waals surface area (Å²) in [6.45, 7) is 0. The van der Waals surface area contributed by atoms with Gasteiger partial charge in [-0.1, -0.05) is 0 Å². The first-order valence-corrected chi connectivity index (χ1v) is 0. The number of hydrogen-bond donors (Lipinski definition) is 0. The van der Waals surface area contributed by atoms with Gasteiger partial charge < -0.3 is 76.7 Å². The van der Waals surface area contributed by atoms with Gasteiger partial charge >= 0.3 is 131 Å². The first-order chi connectivity index (χ1) is 0. The molecule has 0 aromatic rings. The molecule has 0 saturated heterocycles. The second-order valence-electron chi connectivity index (χ2n) is 0. The van der Waals surface area contributed by atoms with Crippen molar-refractivity contribution >= 4 is 52.1 Å². The van der Waals surface area contributed by atoms with Gasteiger partial charge in [0.25, 0.3) is 0 Å². The molecule has 0 aliphatic heterocycles. The fourth-order valence-corrected chi connectivity index (χ4v) is 0. The van der Waals surface area contributed by atoms with Gasteiger partial charge in [-0.05, 0) is 0 Å². The zero-order chi connectivity index (χ0) is 0. The Morgan fingerprint density at radius 3 is 0.200 bits per heavy atom. The average molecular weight is 586 g/mol. The molecule has 0 saturated carbocycles.